The highest BCUT2D eigenvalue weighted by Crippen LogP contribution is 2.46. The molecule has 2 fully saturated rings. The summed E-state index contributed by atoms with van der Waals surface area (Å²) in [5.41, 5.74) is 4.42. The smallest absolute Gasteiger partial charge is 0.165 e. The first-order chi connectivity index (χ1) is 18.0. The molecule has 0 aliphatic carbocycles. The number of anilines is 1. The van der Waals surface area contributed by atoms with Crippen LogP contribution in [0.3, 0.4) is 0 Å². The van der Waals surface area contributed by atoms with Gasteiger partial charge in [0.15, 0.2) is 11.6 Å². The highest BCUT2D eigenvalue weighted by atomic mass is 19.1. The van der Waals surface area contributed by atoms with Crippen LogP contribution in [-0.4, -0.2) is 70.3 Å². The second-order valence-corrected chi connectivity index (χ2v) is 10.2. The number of nitrogens with one attached hydrogen (secondary N) is 2. The van der Waals surface area contributed by atoms with Crippen LogP contribution in [0.5, 0.6) is 11.5 Å². The summed E-state index contributed by atoms with van der Waals surface area (Å²) in [5.74, 6) is 0.810. The van der Waals surface area contributed by atoms with Gasteiger partial charge in [-0.25, -0.2) is 4.39 Å². The van der Waals surface area contributed by atoms with Crippen molar-refractivity contribution < 1.29 is 15.3 Å². The van der Waals surface area contributed by atoms with Gasteiger partial charge in [-0.05, 0) is 76.3 Å². The summed E-state index contributed by atoms with van der Waals surface area (Å²) in [7, 11) is 5.67. The molecule has 2 aromatic carbocycles. The van der Waals surface area contributed by atoms with Crippen molar-refractivity contribution in [2.75, 3.05) is 65.9 Å². The number of hydrogen-bond acceptors (Lipinski definition) is 6. The minimum absolute atomic E-state index is 0. The van der Waals surface area contributed by atoms with Gasteiger partial charge in [-0.2, -0.15) is 0 Å². The van der Waals surface area contributed by atoms with Crippen LogP contribution >= 0.6 is 0 Å². The van der Waals surface area contributed by atoms with Gasteiger partial charge >= 0.3 is 0 Å². The first-order valence-electron chi connectivity index (χ1n) is 13.7. The molecule has 3 heterocycles. The average Bonchev–Trinajstić information content (AvgIpc) is 3.51. The van der Waals surface area contributed by atoms with Gasteiger partial charge in [0.05, 0.1) is 19.8 Å². The van der Waals surface area contributed by atoms with E-state index >= 15 is 0 Å². The number of nitrogens with zero attached hydrogens (tertiary/aromatic N) is 2. The third-order valence-electron chi connectivity index (χ3n) is 7.69. The lowest BCUT2D eigenvalue weighted by Gasteiger charge is -2.33. The van der Waals surface area contributed by atoms with Gasteiger partial charge in [0.2, 0.25) is 0 Å². The summed E-state index contributed by atoms with van der Waals surface area (Å²) in [5, 5.41) is 6.75. The number of methoxy groups -OCH3 is 1. The molecule has 37 heavy (non-hydrogen) atoms. The van der Waals surface area contributed by atoms with E-state index in [1.54, 1.807) is 12.1 Å². The minimum atomic E-state index is -0.327. The van der Waals surface area contributed by atoms with Crippen molar-refractivity contribution in [3.05, 3.63) is 59.4 Å². The molecule has 0 saturated carbocycles. The van der Waals surface area contributed by atoms with Gasteiger partial charge < -0.3 is 29.9 Å². The molecule has 2 atom stereocenters. The van der Waals surface area contributed by atoms with Crippen LogP contribution in [0.4, 0.5) is 10.1 Å². The summed E-state index contributed by atoms with van der Waals surface area (Å²) in [6.45, 7) is 9.94. The molecular weight excluding hydrogens is 467 g/mol. The van der Waals surface area contributed by atoms with Crippen molar-refractivity contribution in [1.82, 2.24) is 15.1 Å². The lowest BCUT2D eigenvalue weighted by atomic mass is 9.86. The second kappa shape index (κ2) is 12.2. The molecule has 5 rings (SSSR count). The number of rotatable bonds is 8. The van der Waals surface area contributed by atoms with E-state index in [9.17, 15) is 4.39 Å². The Morgan fingerprint density at radius 2 is 1.89 bits per heavy atom. The molecule has 3 aliphatic rings. The van der Waals surface area contributed by atoms with Crippen molar-refractivity contribution >= 4 is 11.4 Å². The minimum Gasteiger partial charge on any atom is -0.494 e. The Balaban J connectivity index is 0.00000130. The fourth-order valence-electron chi connectivity index (χ4n) is 5.80. The fraction of sp³-hybridized carbons (Fsp3) is 0.533. The molecule has 0 bridgehead atoms. The third-order valence-corrected chi connectivity index (χ3v) is 7.69. The molecule has 204 valence electrons. The van der Waals surface area contributed by atoms with E-state index in [1.165, 1.54) is 20.0 Å². The number of ether oxygens (including phenoxy) is 2. The molecule has 0 amide bonds. The predicted molar refractivity (Wildman–Crippen MR) is 152 cm³/mol. The Hall–Kier alpha value is -2.77. The van der Waals surface area contributed by atoms with Crippen LogP contribution in [0, 0.1) is 11.2 Å². The van der Waals surface area contributed by atoms with E-state index < -0.39 is 0 Å². The van der Waals surface area contributed by atoms with Gasteiger partial charge in [0.25, 0.3) is 0 Å². The lowest BCUT2D eigenvalue weighted by Crippen LogP contribution is -2.30. The van der Waals surface area contributed by atoms with E-state index in [2.05, 4.69) is 45.7 Å². The first-order valence-corrected chi connectivity index (χ1v) is 13.7. The van der Waals surface area contributed by atoms with E-state index in [-0.39, 0.29) is 19.0 Å². The van der Waals surface area contributed by atoms with Crippen LogP contribution in [-0.2, 0) is 0 Å². The summed E-state index contributed by atoms with van der Waals surface area (Å²) < 4.78 is 25.9. The van der Waals surface area contributed by atoms with Crippen LogP contribution < -0.4 is 20.1 Å². The topological polar surface area (TPSA) is 49.0 Å². The van der Waals surface area contributed by atoms with Crippen LogP contribution in [0.1, 0.15) is 51.7 Å². The standard InChI is InChI=1S/C28H37FN4O2.C2H6.H2/c1-30-11-4-14-35-21-7-5-20(6-8-21)24-16-26(22-15-23(29)27(34-3)17-25(22)31-24)33-13-10-28(19-33)9-12-32(2)18-28;1-2;/h5-8,15-17,24,30-31H,4,9-14,18-19H2,1-3H3;1-2H3;1H. The van der Waals surface area contributed by atoms with Crippen molar-refractivity contribution in [2.24, 2.45) is 5.41 Å². The maximum atomic E-state index is 14.8. The molecule has 3 aliphatic heterocycles. The monoisotopic (exact) mass is 512 g/mol. The molecule has 2 N–H and O–H groups in total. The molecule has 6 nitrogen and oxygen atoms in total. The molecular formula is C30H45FN4O2. The normalized spacial score (nSPS) is 22.7. The highest BCUT2D eigenvalue weighted by molar-refractivity contribution is 5.81. The zero-order valence-electron chi connectivity index (χ0n) is 23.1. The fourth-order valence-corrected chi connectivity index (χ4v) is 5.80. The van der Waals surface area contributed by atoms with Gasteiger partial charge in [-0.3, -0.25) is 0 Å². The Morgan fingerprint density at radius 3 is 2.57 bits per heavy atom. The number of halogens is 1. The van der Waals surface area contributed by atoms with Crippen molar-refractivity contribution in [2.45, 2.75) is 39.2 Å². The van der Waals surface area contributed by atoms with Gasteiger partial charge in [0.1, 0.15) is 5.75 Å². The Labute approximate surface area is 223 Å². The largest absolute Gasteiger partial charge is 0.494 e. The summed E-state index contributed by atoms with van der Waals surface area (Å²) in [4.78, 5) is 4.90. The molecule has 0 aromatic heterocycles. The maximum Gasteiger partial charge on any atom is 0.165 e. The number of benzene rings is 2. The second-order valence-electron chi connectivity index (χ2n) is 10.2. The van der Waals surface area contributed by atoms with E-state index in [0.717, 1.165) is 67.4 Å². The van der Waals surface area contributed by atoms with Crippen molar-refractivity contribution in [3.8, 4) is 11.5 Å². The van der Waals surface area contributed by atoms with E-state index in [1.807, 2.05) is 33.0 Å². The van der Waals surface area contributed by atoms with Crippen LogP contribution in [0.15, 0.2) is 42.5 Å². The van der Waals surface area contributed by atoms with Gasteiger partial charge in [-0.1, -0.05) is 26.0 Å². The molecule has 2 aromatic rings. The van der Waals surface area contributed by atoms with Crippen molar-refractivity contribution in [3.63, 3.8) is 0 Å². The molecule has 2 unspecified atom stereocenters. The first kappa shape index (κ1) is 27.3. The van der Waals surface area contributed by atoms with Crippen molar-refractivity contribution in [1.29, 1.82) is 0 Å². The van der Waals surface area contributed by atoms with E-state index in [4.69, 9.17) is 9.47 Å². The number of fused-ring (bicyclic) bond motifs is 1. The van der Waals surface area contributed by atoms with Crippen LogP contribution in [0.2, 0.25) is 0 Å². The SMILES string of the molecule is CC.CNCCCOc1ccc(C2C=C(N3CCC4(CCN(C)C4)C3)c3cc(F)c(OC)cc3N2)cc1.[HH]. The maximum absolute atomic E-state index is 14.8. The van der Waals surface area contributed by atoms with Gasteiger partial charge in [-0.15, -0.1) is 0 Å². The molecule has 0 radical (unpaired) electrons. The Bertz CT molecular complexity index is 1080. The zero-order chi connectivity index (χ0) is 26.4. The Morgan fingerprint density at radius 1 is 1.14 bits per heavy atom. The highest BCUT2D eigenvalue weighted by Gasteiger charge is 2.43. The average molecular weight is 513 g/mol. The summed E-state index contributed by atoms with van der Waals surface area (Å²) >= 11 is 0. The number of likely N-dealkylation sites (tertiary alicyclic amines) is 2. The summed E-state index contributed by atoms with van der Waals surface area (Å²) in [6.07, 6.45) is 5.64. The predicted octanol–water partition coefficient (Wildman–Crippen LogP) is 5.63. The van der Waals surface area contributed by atoms with E-state index in [0.29, 0.717) is 12.0 Å². The van der Waals surface area contributed by atoms with Gasteiger partial charge in [0, 0.05) is 49.5 Å². The molecule has 7 heteroatoms. The zero-order valence-corrected chi connectivity index (χ0v) is 23.1. The third kappa shape index (κ3) is 6.04. The Kier molecular flexibility index (Phi) is 8.98. The van der Waals surface area contributed by atoms with Crippen LogP contribution in [0.25, 0.3) is 5.70 Å². The quantitative estimate of drug-likeness (QED) is 0.447. The molecule has 1 spiro atoms. The number of hydrogen-bond donors (Lipinski definition) is 2. The summed E-state index contributed by atoms with van der Waals surface area (Å²) in [6, 6.07) is 11.7. The lowest BCUT2D eigenvalue weighted by molar-refractivity contribution is 0.289. The molecule has 2 saturated heterocycles.